The highest BCUT2D eigenvalue weighted by atomic mass is 32.2. The third-order valence-electron chi connectivity index (χ3n) is 4.44. The van der Waals surface area contributed by atoms with Crippen molar-refractivity contribution in [2.45, 2.75) is 18.4 Å². The van der Waals surface area contributed by atoms with Crippen molar-refractivity contribution in [3.63, 3.8) is 0 Å². The van der Waals surface area contributed by atoms with Crippen LogP contribution in [-0.2, 0) is 16.6 Å². The summed E-state index contributed by atoms with van der Waals surface area (Å²) >= 11 is 0. The molecule has 0 aromatic heterocycles. The van der Waals surface area contributed by atoms with Gasteiger partial charge in [-0.15, -0.1) is 0 Å². The molecule has 144 valence electrons. The van der Waals surface area contributed by atoms with Gasteiger partial charge >= 0.3 is 0 Å². The highest BCUT2D eigenvalue weighted by Gasteiger charge is 2.27. The fraction of sp³-hybridized carbons (Fsp3) is 0.143. The minimum absolute atomic E-state index is 0.0202. The molecule has 0 fully saturated rings. The van der Waals surface area contributed by atoms with Crippen molar-refractivity contribution < 1.29 is 22.3 Å². The molecule has 3 aromatic rings. The lowest BCUT2D eigenvalue weighted by atomic mass is 10.2. The Balaban J connectivity index is 1.81. The predicted molar refractivity (Wildman–Crippen MR) is 104 cm³/mol. The molecule has 0 amide bonds. The lowest BCUT2D eigenvalue weighted by Gasteiger charge is -2.25. The molecule has 0 bridgehead atoms. The van der Waals surface area contributed by atoms with E-state index in [1.54, 1.807) is 48.5 Å². The second-order valence-corrected chi connectivity index (χ2v) is 8.36. The lowest BCUT2D eigenvalue weighted by Crippen LogP contribution is -2.30. The molecule has 3 aromatic carbocycles. The second kappa shape index (κ2) is 7.16. The van der Waals surface area contributed by atoms with Gasteiger partial charge in [0.15, 0.2) is 11.5 Å². The first-order valence-electron chi connectivity index (χ1n) is 8.67. The molecule has 0 spiro atoms. The Morgan fingerprint density at radius 3 is 2.54 bits per heavy atom. The van der Waals surface area contributed by atoms with E-state index in [1.807, 2.05) is 13.0 Å². The smallest absolute Gasteiger partial charge is 0.264 e. The van der Waals surface area contributed by atoms with E-state index in [9.17, 15) is 12.8 Å². The fourth-order valence-electron chi connectivity index (χ4n) is 3.06. The third kappa shape index (κ3) is 3.53. The molecular formula is C21H18FNO4S. The van der Waals surface area contributed by atoms with Gasteiger partial charge in [0.25, 0.3) is 10.0 Å². The lowest BCUT2D eigenvalue weighted by molar-refractivity contribution is 0.174. The number of fused-ring (bicyclic) bond motifs is 1. The number of ether oxygens (including phenoxy) is 2. The zero-order chi connectivity index (χ0) is 19.7. The summed E-state index contributed by atoms with van der Waals surface area (Å²) < 4.78 is 52.5. The second-order valence-electron chi connectivity index (χ2n) is 6.50. The first kappa shape index (κ1) is 18.3. The molecule has 4 rings (SSSR count). The summed E-state index contributed by atoms with van der Waals surface area (Å²) in [6.07, 6.45) is 0. The standard InChI is InChI=1S/C21H18FNO4S/c1-15-4-2-7-19(10-15)28(24,25)23(13-16-5-3-6-17(22)11-16)18-8-9-20-21(12-18)27-14-26-20/h2-12H,13-14H2,1H3. The number of nitrogens with zero attached hydrogens (tertiary/aromatic N) is 1. The first-order valence-corrected chi connectivity index (χ1v) is 10.1. The van der Waals surface area contributed by atoms with Crippen LogP contribution in [0.3, 0.4) is 0 Å². The predicted octanol–water partition coefficient (Wildman–Crippen LogP) is 4.26. The van der Waals surface area contributed by atoms with Gasteiger partial charge in [-0.1, -0.05) is 24.3 Å². The Hall–Kier alpha value is -3.06. The number of anilines is 1. The van der Waals surface area contributed by atoms with Gasteiger partial charge in [0.05, 0.1) is 17.1 Å². The molecule has 0 N–H and O–H groups in total. The van der Waals surface area contributed by atoms with Crippen LogP contribution >= 0.6 is 0 Å². The summed E-state index contributed by atoms with van der Waals surface area (Å²) in [6.45, 7) is 1.90. The van der Waals surface area contributed by atoms with E-state index >= 15 is 0 Å². The van der Waals surface area contributed by atoms with Crippen LogP contribution in [-0.4, -0.2) is 15.2 Å². The topological polar surface area (TPSA) is 55.8 Å². The summed E-state index contributed by atoms with van der Waals surface area (Å²) in [5.41, 5.74) is 1.78. The molecule has 5 nitrogen and oxygen atoms in total. The quantitative estimate of drug-likeness (QED) is 0.643. The largest absolute Gasteiger partial charge is 0.454 e. The number of hydrogen-bond acceptors (Lipinski definition) is 4. The van der Waals surface area contributed by atoms with Gasteiger partial charge in [-0.05, 0) is 54.4 Å². The Labute approximate surface area is 163 Å². The minimum atomic E-state index is -3.89. The van der Waals surface area contributed by atoms with Crippen molar-refractivity contribution >= 4 is 15.7 Å². The summed E-state index contributed by atoms with van der Waals surface area (Å²) in [7, 11) is -3.89. The first-order chi connectivity index (χ1) is 13.4. The van der Waals surface area contributed by atoms with Crippen LogP contribution in [0.1, 0.15) is 11.1 Å². The number of sulfonamides is 1. The number of aryl methyl sites for hydroxylation is 1. The maximum Gasteiger partial charge on any atom is 0.264 e. The van der Waals surface area contributed by atoms with Crippen LogP contribution in [0.4, 0.5) is 10.1 Å². The molecule has 1 heterocycles. The van der Waals surface area contributed by atoms with E-state index in [1.165, 1.54) is 16.4 Å². The fourth-order valence-corrected chi connectivity index (χ4v) is 4.61. The Kier molecular flexibility index (Phi) is 4.68. The van der Waals surface area contributed by atoms with Crippen molar-refractivity contribution in [2.75, 3.05) is 11.1 Å². The van der Waals surface area contributed by atoms with Gasteiger partial charge < -0.3 is 9.47 Å². The summed E-state index contributed by atoms with van der Waals surface area (Å²) in [5.74, 6) is 0.611. The van der Waals surface area contributed by atoms with Gasteiger partial charge in [-0.3, -0.25) is 4.31 Å². The van der Waals surface area contributed by atoms with Gasteiger partial charge in [0, 0.05) is 6.07 Å². The van der Waals surface area contributed by atoms with Crippen LogP contribution in [0.5, 0.6) is 11.5 Å². The molecule has 0 saturated carbocycles. The SMILES string of the molecule is Cc1cccc(S(=O)(=O)N(Cc2cccc(F)c2)c2ccc3c(c2)OCO3)c1. The van der Waals surface area contributed by atoms with Gasteiger partial charge in [0.2, 0.25) is 6.79 Å². The van der Waals surface area contributed by atoms with Gasteiger partial charge in [-0.25, -0.2) is 12.8 Å². The van der Waals surface area contributed by atoms with E-state index in [2.05, 4.69) is 0 Å². The van der Waals surface area contributed by atoms with Crippen molar-refractivity contribution in [2.24, 2.45) is 0 Å². The molecule has 7 heteroatoms. The van der Waals surface area contributed by atoms with Crippen molar-refractivity contribution in [3.8, 4) is 11.5 Å². The normalized spacial score (nSPS) is 12.8. The van der Waals surface area contributed by atoms with Gasteiger partial charge in [-0.2, -0.15) is 0 Å². The van der Waals surface area contributed by atoms with Crippen molar-refractivity contribution in [1.82, 2.24) is 0 Å². The zero-order valence-electron chi connectivity index (χ0n) is 15.1. The molecule has 1 aliphatic rings. The molecule has 0 atom stereocenters. The maximum absolute atomic E-state index is 13.7. The average Bonchev–Trinajstić information content (AvgIpc) is 3.14. The van der Waals surface area contributed by atoms with E-state index in [4.69, 9.17) is 9.47 Å². The summed E-state index contributed by atoms with van der Waals surface area (Å²) in [5, 5.41) is 0. The monoisotopic (exact) mass is 399 g/mol. The van der Waals surface area contributed by atoms with Crippen LogP contribution in [0.25, 0.3) is 0 Å². The van der Waals surface area contributed by atoms with E-state index in [0.717, 1.165) is 5.56 Å². The number of halogens is 1. The third-order valence-corrected chi connectivity index (χ3v) is 6.21. The van der Waals surface area contributed by atoms with Crippen molar-refractivity contribution in [3.05, 3.63) is 83.7 Å². The number of benzene rings is 3. The van der Waals surface area contributed by atoms with Crippen LogP contribution in [0.15, 0.2) is 71.6 Å². The van der Waals surface area contributed by atoms with E-state index < -0.39 is 15.8 Å². The maximum atomic E-state index is 13.7. The van der Waals surface area contributed by atoms with Gasteiger partial charge in [0.1, 0.15) is 5.82 Å². The highest BCUT2D eigenvalue weighted by molar-refractivity contribution is 7.92. The Morgan fingerprint density at radius 1 is 0.964 bits per heavy atom. The molecule has 1 aliphatic heterocycles. The van der Waals surface area contributed by atoms with E-state index in [-0.39, 0.29) is 18.2 Å². The number of hydrogen-bond donors (Lipinski definition) is 0. The molecule has 0 radical (unpaired) electrons. The molecule has 0 saturated heterocycles. The van der Waals surface area contributed by atoms with Crippen molar-refractivity contribution in [1.29, 1.82) is 0 Å². The Bertz CT molecular complexity index is 1130. The molecular weight excluding hydrogens is 381 g/mol. The minimum Gasteiger partial charge on any atom is -0.454 e. The Morgan fingerprint density at radius 2 is 1.75 bits per heavy atom. The van der Waals surface area contributed by atoms with E-state index in [0.29, 0.717) is 22.7 Å². The molecule has 0 unspecified atom stereocenters. The van der Waals surface area contributed by atoms with Crippen LogP contribution < -0.4 is 13.8 Å². The molecule has 0 aliphatic carbocycles. The zero-order valence-corrected chi connectivity index (χ0v) is 15.9. The van der Waals surface area contributed by atoms with Crippen LogP contribution in [0, 0.1) is 12.7 Å². The average molecular weight is 399 g/mol. The van der Waals surface area contributed by atoms with Crippen LogP contribution in [0.2, 0.25) is 0 Å². The number of rotatable bonds is 5. The summed E-state index contributed by atoms with van der Waals surface area (Å²) in [6, 6.07) is 17.5. The highest BCUT2D eigenvalue weighted by Crippen LogP contribution is 2.37. The summed E-state index contributed by atoms with van der Waals surface area (Å²) in [4.78, 5) is 0.168. The molecule has 28 heavy (non-hydrogen) atoms.